The van der Waals surface area contributed by atoms with Gasteiger partial charge in [-0.2, -0.15) is 0 Å². The quantitative estimate of drug-likeness (QED) is 0.693. The van der Waals surface area contributed by atoms with Gasteiger partial charge in [0, 0.05) is 25.6 Å². The fourth-order valence-electron chi connectivity index (χ4n) is 1.84. The van der Waals surface area contributed by atoms with E-state index >= 15 is 0 Å². The second-order valence-electron chi connectivity index (χ2n) is 4.53. The molecule has 0 aromatic carbocycles. The first kappa shape index (κ1) is 14.4. The van der Waals surface area contributed by atoms with Crippen LogP contribution in [-0.2, 0) is 14.8 Å². The number of amides is 1. The number of nitrogens with one attached hydrogen (secondary N) is 1. The van der Waals surface area contributed by atoms with Gasteiger partial charge in [0.15, 0.2) is 0 Å². The molecule has 0 spiro atoms. The number of carbonyl (C=O) groups is 1. The molecule has 1 aliphatic rings. The van der Waals surface area contributed by atoms with E-state index in [4.69, 9.17) is 5.11 Å². The fourth-order valence-corrected chi connectivity index (χ4v) is 2.72. The van der Waals surface area contributed by atoms with Crippen molar-refractivity contribution >= 4 is 15.9 Å². The predicted molar refractivity (Wildman–Crippen MR) is 63.8 cm³/mol. The Balaban J connectivity index is 2.39. The van der Waals surface area contributed by atoms with Gasteiger partial charge in [0.2, 0.25) is 15.9 Å². The maximum atomic E-state index is 11.7. The average molecular weight is 264 g/mol. The molecular weight excluding hydrogens is 244 g/mol. The molecule has 1 amide bonds. The summed E-state index contributed by atoms with van der Waals surface area (Å²) in [5, 5.41) is 11.7. The van der Waals surface area contributed by atoms with Gasteiger partial charge in [0.25, 0.3) is 0 Å². The Hall–Kier alpha value is -0.660. The minimum absolute atomic E-state index is 0.0981. The molecule has 1 heterocycles. The van der Waals surface area contributed by atoms with Gasteiger partial charge < -0.3 is 10.4 Å². The zero-order valence-corrected chi connectivity index (χ0v) is 11.0. The first-order chi connectivity index (χ1) is 7.80. The van der Waals surface area contributed by atoms with E-state index in [1.165, 1.54) is 10.6 Å². The second kappa shape index (κ2) is 5.79. The Labute approximate surface area is 102 Å². The lowest BCUT2D eigenvalue weighted by Gasteiger charge is -2.29. The molecule has 1 aliphatic heterocycles. The van der Waals surface area contributed by atoms with Gasteiger partial charge in [-0.05, 0) is 19.8 Å². The molecule has 2 N–H and O–H groups in total. The van der Waals surface area contributed by atoms with Gasteiger partial charge in [-0.1, -0.05) is 0 Å². The lowest BCUT2D eigenvalue weighted by Crippen LogP contribution is -2.43. The van der Waals surface area contributed by atoms with Crippen LogP contribution in [0.1, 0.15) is 19.8 Å². The van der Waals surface area contributed by atoms with E-state index in [1.807, 2.05) is 0 Å². The molecule has 0 aromatic rings. The summed E-state index contributed by atoms with van der Waals surface area (Å²) in [6, 6.07) is 0. The number of nitrogens with zero attached hydrogens (tertiary/aromatic N) is 1. The highest BCUT2D eigenvalue weighted by Crippen LogP contribution is 2.19. The Bertz CT molecular complexity index is 359. The summed E-state index contributed by atoms with van der Waals surface area (Å²) in [6.45, 7) is 2.63. The van der Waals surface area contributed by atoms with Gasteiger partial charge in [-0.25, -0.2) is 12.7 Å². The molecule has 1 rings (SSSR count). The Morgan fingerprint density at radius 2 is 2.00 bits per heavy atom. The van der Waals surface area contributed by atoms with Crippen molar-refractivity contribution in [3.63, 3.8) is 0 Å². The van der Waals surface area contributed by atoms with Crippen LogP contribution in [0.5, 0.6) is 0 Å². The lowest BCUT2D eigenvalue weighted by molar-refractivity contribution is -0.126. The first-order valence-corrected chi connectivity index (χ1v) is 7.56. The minimum atomic E-state index is -3.14. The highest BCUT2D eigenvalue weighted by molar-refractivity contribution is 7.88. The zero-order valence-electron chi connectivity index (χ0n) is 10.2. The van der Waals surface area contributed by atoms with Gasteiger partial charge in [0.05, 0.1) is 12.4 Å². The molecule has 1 fully saturated rings. The summed E-state index contributed by atoms with van der Waals surface area (Å²) in [5.41, 5.74) is 0. The molecule has 0 unspecified atom stereocenters. The van der Waals surface area contributed by atoms with E-state index < -0.39 is 16.1 Å². The summed E-state index contributed by atoms with van der Waals surface area (Å²) in [6.07, 6.45) is 1.70. The summed E-state index contributed by atoms with van der Waals surface area (Å²) < 4.78 is 23.9. The lowest BCUT2D eigenvalue weighted by atomic mass is 9.97. The van der Waals surface area contributed by atoms with Crippen LogP contribution in [0.4, 0.5) is 0 Å². The van der Waals surface area contributed by atoms with Crippen LogP contribution < -0.4 is 5.32 Å². The van der Waals surface area contributed by atoms with E-state index in [1.54, 1.807) is 6.92 Å². The van der Waals surface area contributed by atoms with Crippen molar-refractivity contribution in [1.29, 1.82) is 0 Å². The third-order valence-electron chi connectivity index (χ3n) is 2.87. The van der Waals surface area contributed by atoms with Crippen LogP contribution >= 0.6 is 0 Å². The average Bonchev–Trinajstić information content (AvgIpc) is 2.25. The number of aliphatic hydroxyl groups is 1. The van der Waals surface area contributed by atoms with Crippen molar-refractivity contribution in [3.05, 3.63) is 0 Å². The summed E-state index contributed by atoms with van der Waals surface area (Å²) in [7, 11) is -3.14. The normalized spacial score (nSPS) is 21.1. The van der Waals surface area contributed by atoms with Crippen molar-refractivity contribution < 1.29 is 18.3 Å². The van der Waals surface area contributed by atoms with Crippen molar-refractivity contribution in [2.75, 3.05) is 25.9 Å². The molecule has 0 aromatic heterocycles. The standard InChI is InChI=1S/C10H20N2O4S/c1-8(13)7-11-10(14)9-3-5-12(6-4-9)17(2,15)16/h8-9,13H,3-7H2,1-2H3,(H,11,14)/t8-/m1/s1. The van der Waals surface area contributed by atoms with Crippen molar-refractivity contribution in [1.82, 2.24) is 9.62 Å². The van der Waals surface area contributed by atoms with Gasteiger partial charge in [-0.3, -0.25) is 4.79 Å². The van der Waals surface area contributed by atoms with Crippen molar-refractivity contribution in [2.45, 2.75) is 25.9 Å². The molecule has 1 saturated heterocycles. The third kappa shape index (κ3) is 4.61. The van der Waals surface area contributed by atoms with E-state index in [0.717, 1.165) is 0 Å². The SMILES string of the molecule is C[C@@H](O)CNC(=O)C1CCN(S(C)(=O)=O)CC1. The van der Waals surface area contributed by atoms with Crippen molar-refractivity contribution in [3.8, 4) is 0 Å². The van der Waals surface area contributed by atoms with E-state index in [9.17, 15) is 13.2 Å². The topological polar surface area (TPSA) is 86.7 Å². The molecule has 0 bridgehead atoms. The molecule has 7 heteroatoms. The van der Waals surface area contributed by atoms with Gasteiger partial charge in [0.1, 0.15) is 0 Å². The molecule has 0 radical (unpaired) electrons. The molecule has 6 nitrogen and oxygen atoms in total. The Morgan fingerprint density at radius 1 is 1.47 bits per heavy atom. The van der Waals surface area contributed by atoms with Crippen LogP contribution in [-0.4, -0.2) is 55.7 Å². The molecule has 0 saturated carbocycles. The van der Waals surface area contributed by atoms with E-state index in [0.29, 0.717) is 25.9 Å². The number of hydrogen-bond donors (Lipinski definition) is 2. The van der Waals surface area contributed by atoms with E-state index in [-0.39, 0.29) is 18.4 Å². The Kier molecular flexibility index (Phi) is 4.91. The predicted octanol–water partition coefficient (Wildman–Crippen LogP) is -0.845. The minimum Gasteiger partial charge on any atom is -0.392 e. The largest absolute Gasteiger partial charge is 0.392 e. The number of hydrogen-bond acceptors (Lipinski definition) is 4. The van der Waals surface area contributed by atoms with Crippen LogP contribution in [0.15, 0.2) is 0 Å². The first-order valence-electron chi connectivity index (χ1n) is 5.71. The molecule has 17 heavy (non-hydrogen) atoms. The summed E-state index contributed by atoms with van der Waals surface area (Å²) in [4.78, 5) is 11.7. The maximum absolute atomic E-state index is 11.7. The zero-order chi connectivity index (χ0) is 13.1. The molecule has 100 valence electrons. The Morgan fingerprint density at radius 3 is 2.41 bits per heavy atom. The number of sulfonamides is 1. The number of rotatable bonds is 4. The third-order valence-corrected chi connectivity index (χ3v) is 4.17. The second-order valence-corrected chi connectivity index (χ2v) is 6.51. The van der Waals surface area contributed by atoms with Crippen molar-refractivity contribution in [2.24, 2.45) is 5.92 Å². The van der Waals surface area contributed by atoms with Crippen LogP contribution in [0, 0.1) is 5.92 Å². The number of carbonyl (C=O) groups excluding carboxylic acids is 1. The monoisotopic (exact) mass is 264 g/mol. The van der Waals surface area contributed by atoms with E-state index in [2.05, 4.69) is 5.32 Å². The number of piperidine rings is 1. The fraction of sp³-hybridized carbons (Fsp3) is 0.900. The highest BCUT2D eigenvalue weighted by Gasteiger charge is 2.28. The smallest absolute Gasteiger partial charge is 0.223 e. The van der Waals surface area contributed by atoms with Crippen LogP contribution in [0.25, 0.3) is 0 Å². The molecule has 0 aliphatic carbocycles. The van der Waals surface area contributed by atoms with Gasteiger partial charge >= 0.3 is 0 Å². The number of aliphatic hydroxyl groups excluding tert-OH is 1. The highest BCUT2D eigenvalue weighted by atomic mass is 32.2. The van der Waals surface area contributed by atoms with Gasteiger partial charge in [-0.15, -0.1) is 0 Å². The summed E-state index contributed by atoms with van der Waals surface area (Å²) >= 11 is 0. The summed E-state index contributed by atoms with van der Waals surface area (Å²) in [5.74, 6) is -0.245. The van der Waals surface area contributed by atoms with Crippen LogP contribution in [0.3, 0.4) is 0 Å². The van der Waals surface area contributed by atoms with Crippen LogP contribution in [0.2, 0.25) is 0 Å². The maximum Gasteiger partial charge on any atom is 0.223 e. The molecular formula is C10H20N2O4S. The molecule has 1 atom stereocenters.